The SMILES string of the molecule is CC1(C)C[C@@H](O)CN(S(=O)(=O)c2ccc(OCc3cc(Cl)ccc3F)cc2)C1C(=O)NO. The number of amides is 1. The number of carbonyl (C=O) groups is 1. The summed E-state index contributed by atoms with van der Waals surface area (Å²) in [4.78, 5) is 12.2. The van der Waals surface area contributed by atoms with Crippen molar-refractivity contribution in [2.75, 3.05) is 6.54 Å². The van der Waals surface area contributed by atoms with Crippen LogP contribution in [0.4, 0.5) is 4.39 Å². The molecule has 3 N–H and O–H groups in total. The molecule has 174 valence electrons. The predicted molar refractivity (Wildman–Crippen MR) is 114 cm³/mol. The second-order valence-electron chi connectivity index (χ2n) is 8.30. The number of hydrogen-bond acceptors (Lipinski definition) is 6. The van der Waals surface area contributed by atoms with Gasteiger partial charge in [0.05, 0.1) is 11.0 Å². The molecule has 32 heavy (non-hydrogen) atoms. The number of aliphatic hydroxyl groups excluding tert-OH is 1. The molecule has 1 heterocycles. The summed E-state index contributed by atoms with van der Waals surface area (Å²) < 4.78 is 46.8. The predicted octanol–water partition coefficient (Wildman–Crippen LogP) is 2.71. The highest BCUT2D eigenvalue weighted by atomic mass is 35.5. The van der Waals surface area contributed by atoms with Crippen LogP contribution in [0.2, 0.25) is 5.02 Å². The minimum atomic E-state index is -4.20. The van der Waals surface area contributed by atoms with E-state index in [1.807, 2.05) is 0 Å². The van der Waals surface area contributed by atoms with Crippen molar-refractivity contribution in [3.63, 3.8) is 0 Å². The van der Waals surface area contributed by atoms with Gasteiger partial charge >= 0.3 is 0 Å². The standard InChI is InChI=1S/C21H24ClFN2O6S/c1-21(2)10-15(26)11-25(19(21)20(27)24-28)32(29,30)17-6-4-16(5-7-17)31-12-13-9-14(22)3-8-18(13)23/h3-9,15,19,26,28H,10-12H2,1-2H3,(H,24,27)/t15-,19?/m1/s1. The molecule has 0 radical (unpaired) electrons. The Labute approximate surface area is 190 Å². The van der Waals surface area contributed by atoms with Crippen molar-refractivity contribution in [2.45, 2.75) is 43.9 Å². The van der Waals surface area contributed by atoms with Crippen molar-refractivity contribution < 1.29 is 32.7 Å². The second kappa shape index (κ2) is 9.32. The summed E-state index contributed by atoms with van der Waals surface area (Å²) in [5, 5.41) is 19.7. The molecule has 0 saturated carbocycles. The van der Waals surface area contributed by atoms with Gasteiger partial charge in [-0.3, -0.25) is 10.0 Å². The van der Waals surface area contributed by atoms with Gasteiger partial charge in [-0.25, -0.2) is 18.3 Å². The van der Waals surface area contributed by atoms with Crippen LogP contribution in [0.15, 0.2) is 47.4 Å². The first-order chi connectivity index (χ1) is 15.0. The summed E-state index contributed by atoms with van der Waals surface area (Å²) >= 11 is 5.86. The molecule has 1 saturated heterocycles. The molecule has 0 bridgehead atoms. The van der Waals surface area contributed by atoms with Crippen molar-refractivity contribution in [3.05, 3.63) is 58.9 Å². The van der Waals surface area contributed by atoms with Crippen LogP contribution in [0, 0.1) is 11.2 Å². The maximum atomic E-state index is 13.8. The van der Waals surface area contributed by atoms with Gasteiger partial charge in [-0.2, -0.15) is 4.31 Å². The maximum Gasteiger partial charge on any atom is 0.262 e. The number of nitrogens with one attached hydrogen (secondary N) is 1. The molecule has 0 aliphatic carbocycles. The van der Waals surface area contributed by atoms with Crippen LogP contribution >= 0.6 is 11.6 Å². The summed E-state index contributed by atoms with van der Waals surface area (Å²) in [5.41, 5.74) is 0.840. The first kappa shape index (κ1) is 24.4. The third-order valence-corrected chi connectivity index (χ3v) is 7.45. The van der Waals surface area contributed by atoms with E-state index in [1.165, 1.54) is 47.9 Å². The lowest BCUT2D eigenvalue weighted by Crippen LogP contribution is -2.62. The highest BCUT2D eigenvalue weighted by molar-refractivity contribution is 7.89. The highest BCUT2D eigenvalue weighted by Gasteiger charge is 2.50. The second-order valence-corrected chi connectivity index (χ2v) is 10.6. The minimum absolute atomic E-state index is 0.107. The Morgan fingerprint density at radius 3 is 2.56 bits per heavy atom. The van der Waals surface area contributed by atoms with Gasteiger partial charge < -0.3 is 9.84 Å². The fraction of sp³-hybridized carbons (Fsp3) is 0.381. The van der Waals surface area contributed by atoms with Crippen molar-refractivity contribution >= 4 is 27.5 Å². The van der Waals surface area contributed by atoms with E-state index in [1.54, 1.807) is 13.8 Å². The Morgan fingerprint density at radius 1 is 1.28 bits per heavy atom. The van der Waals surface area contributed by atoms with Gasteiger partial charge in [0.2, 0.25) is 10.0 Å². The number of hydroxylamine groups is 1. The third-order valence-electron chi connectivity index (χ3n) is 5.37. The fourth-order valence-corrected chi connectivity index (χ4v) is 5.90. The molecule has 1 amide bonds. The molecule has 0 spiro atoms. The monoisotopic (exact) mass is 486 g/mol. The molecule has 11 heteroatoms. The Kier molecular flexibility index (Phi) is 7.11. The molecular formula is C21H24ClFN2O6S. The van der Waals surface area contributed by atoms with Gasteiger partial charge in [0.15, 0.2) is 0 Å². The number of halogens is 2. The molecule has 1 aliphatic heterocycles. The highest BCUT2D eigenvalue weighted by Crippen LogP contribution is 2.38. The summed E-state index contributed by atoms with van der Waals surface area (Å²) in [6.45, 7) is 2.88. The van der Waals surface area contributed by atoms with Crippen LogP contribution in [0.5, 0.6) is 5.75 Å². The zero-order chi connectivity index (χ0) is 23.7. The van der Waals surface area contributed by atoms with Crippen LogP contribution in [0.1, 0.15) is 25.8 Å². The normalized spacial score (nSPS) is 21.2. The van der Waals surface area contributed by atoms with E-state index >= 15 is 0 Å². The number of sulfonamides is 1. The topological polar surface area (TPSA) is 116 Å². The van der Waals surface area contributed by atoms with E-state index in [0.29, 0.717) is 10.8 Å². The van der Waals surface area contributed by atoms with Gasteiger partial charge in [-0.15, -0.1) is 0 Å². The number of piperidine rings is 1. The van der Waals surface area contributed by atoms with Crippen LogP contribution in [0.25, 0.3) is 0 Å². The molecular weight excluding hydrogens is 463 g/mol. The van der Waals surface area contributed by atoms with Gasteiger partial charge in [-0.1, -0.05) is 25.4 Å². The smallest absolute Gasteiger partial charge is 0.262 e. The Hall–Kier alpha value is -2.24. The molecule has 2 aromatic rings. The van der Waals surface area contributed by atoms with E-state index < -0.39 is 39.3 Å². The number of hydrogen-bond donors (Lipinski definition) is 3. The van der Waals surface area contributed by atoms with Crippen molar-refractivity contribution in [2.24, 2.45) is 5.41 Å². The van der Waals surface area contributed by atoms with Crippen molar-refractivity contribution in [1.29, 1.82) is 0 Å². The molecule has 1 fully saturated rings. The average Bonchev–Trinajstić information content (AvgIpc) is 2.73. The van der Waals surface area contributed by atoms with Crippen LogP contribution in [0.3, 0.4) is 0 Å². The molecule has 2 atom stereocenters. The Morgan fingerprint density at radius 2 is 1.94 bits per heavy atom. The van der Waals surface area contributed by atoms with E-state index in [9.17, 15) is 22.7 Å². The zero-order valence-corrected chi connectivity index (χ0v) is 19.0. The molecule has 2 aromatic carbocycles. The van der Waals surface area contributed by atoms with Crippen LogP contribution < -0.4 is 10.2 Å². The maximum absolute atomic E-state index is 13.8. The fourth-order valence-electron chi connectivity index (χ4n) is 3.93. The lowest BCUT2D eigenvalue weighted by Gasteiger charge is -2.45. The summed E-state index contributed by atoms with van der Waals surface area (Å²) in [5.74, 6) is -1.06. The summed E-state index contributed by atoms with van der Waals surface area (Å²) in [7, 11) is -4.20. The van der Waals surface area contributed by atoms with Crippen molar-refractivity contribution in [3.8, 4) is 5.75 Å². The van der Waals surface area contributed by atoms with Gasteiger partial charge in [0, 0.05) is 17.1 Å². The molecule has 1 aliphatic rings. The minimum Gasteiger partial charge on any atom is -0.489 e. The van der Waals surface area contributed by atoms with Gasteiger partial charge in [-0.05, 0) is 54.3 Å². The number of nitrogens with zero attached hydrogens (tertiary/aromatic N) is 1. The average molecular weight is 487 g/mol. The number of rotatable bonds is 6. The molecule has 0 aromatic heterocycles. The van der Waals surface area contributed by atoms with E-state index in [2.05, 4.69) is 0 Å². The van der Waals surface area contributed by atoms with E-state index in [4.69, 9.17) is 21.5 Å². The van der Waals surface area contributed by atoms with Crippen molar-refractivity contribution in [1.82, 2.24) is 9.79 Å². The number of aliphatic hydroxyl groups is 1. The lowest BCUT2D eigenvalue weighted by atomic mass is 9.76. The molecule has 8 nitrogen and oxygen atoms in total. The number of β-amino-alcohol motifs (C(OH)–C–C–N with tert-alkyl or cyclic N) is 1. The number of ether oxygens (including phenoxy) is 1. The lowest BCUT2D eigenvalue weighted by molar-refractivity contribution is -0.140. The molecule has 3 rings (SSSR count). The summed E-state index contributed by atoms with van der Waals surface area (Å²) in [6, 6.07) is 8.26. The number of benzene rings is 2. The Balaban J connectivity index is 1.83. The first-order valence-corrected chi connectivity index (χ1v) is 11.6. The quantitative estimate of drug-likeness (QED) is 0.427. The third kappa shape index (κ3) is 5.05. The van der Waals surface area contributed by atoms with Gasteiger partial charge in [0.25, 0.3) is 5.91 Å². The zero-order valence-electron chi connectivity index (χ0n) is 17.5. The van der Waals surface area contributed by atoms with E-state index in [-0.39, 0.29) is 30.0 Å². The van der Waals surface area contributed by atoms with Crippen LogP contribution in [-0.2, 0) is 21.4 Å². The van der Waals surface area contributed by atoms with Crippen LogP contribution in [-0.4, -0.2) is 47.6 Å². The number of carbonyl (C=O) groups excluding carboxylic acids is 1. The Bertz CT molecular complexity index is 1090. The largest absolute Gasteiger partial charge is 0.489 e. The summed E-state index contributed by atoms with van der Waals surface area (Å²) in [6.07, 6.45) is -0.790. The van der Waals surface area contributed by atoms with Gasteiger partial charge in [0.1, 0.15) is 24.2 Å². The first-order valence-electron chi connectivity index (χ1n) is 9.76. The van der Waals surface area contributed by atoms with E-state index in [0.717, 1.165) is 4.31 Å². The molecule has 1 unspecified atom stereocenters.